The van der Waals surface area contributed by atoms with E-state index in [-0.39, 0.29) is 12.0 Å². The Morgan fingerprint density at radius 2 is 2.12 bits per heavy atom. The molecule has 3 unspecified atom stereocenters. The van der Waals surface area contributed by atoms with Crippen molar-refractivity contribution in [1.82, 2.24) is 10.2 Å². The van der Waals surface area contributed by atoms with Crippen molar-refractivity contribution in [2.24, 2.45) is 11.7 Å². The van der Waals surface area contributed by atoms with Gasteiger partial charge in [0.15, 0.2) is 0 Å². The lowest BCUT2D eigenvalue weighted by Gasteiger charge is -2.23. The van der Waals surface area contributed by atoms with E-state index in [4.69, 9.17) is 5.73 Å². The first-order valence-corrected chi connectivity index (χ1v) is 5.44. The molecule has 0 aliphatic carbocycles. The SMILES string of the molecule is CC(O)C1CCN(C(C)C(=O)NC(N)=O)C1. The minimum absolute atomic E-state index is 0.198. The van der Waals surface area contributed by atoms with Crippen molar-refractivity contribution in [1.29, 1.82) is 0 Å². The standard InChI is InChI=1S/C10H19N3O3/c1-6(9(15)12-10(11)16)13-4-3-8(5-13)7(2)14/h6-8,14H,3-5H2,1-2H3,(H3,11,12,15,16). The smallest absolute Gasteiger partial charge is 0.318 e. The number of aliphatic hydroxyl groups is 1. The maximum absolute atomic E-state index is 11.5. The average Bonchev–Trinajstić information content (AvgIpc) is 2.64. The number of nitrogens with zero attached hydrogens (tertiary/aromatic N) is 1. The second-order valence-electron chi connectivity index (χ2n) is 4.31. The van der Waals surface area contributed by atoms with Gasteiger partial charge in [0.05, 0.1) is 12.1 Å². The summed E-state index contributed by atoms with van der Waals surface area (Å²) in [6.07, 6.45) is 0.502. The Balaban J connectivity index is 2.47. The van der Waals surface area contributed by atoms with E-state index in [1.54, 1.807) is 13.8 Å². The summed E-state index contributed by atoms with van der Waals surface area (Å²) >= 11 is 0. The molecule has 1 heterocycles. The normalized spacial score (nSPS) is 25.1. The van der Waals surface area contributed by atoms with Gasteiger partial charge in [-0.2, -0.15) is 0 Å². The van der Waals surface area contributed by atoms with Crippen LogP contribution in [0.3, 0.4) is 0 Å². The molecular formula is C10H19N3O3. The highest BCUT2D eigenvalue weighted by atomic mass is 16.3. The summed E-state index contributed by atoms with van der Waals surface area (Å²) in [4.78, 5) is 24.0. The molecule has 0 aromatic heterocycles. The fourth-order valence-electron chi connectivity index (χ4n) is 1.95. The zero-order valence-corrected chi connectivity index (χ0v) is 9.64. The third-order valence-electron chi connectivity index (χ3n) is 3.11. The number of hydrogen-bond donors (Lipinski definition) is 3. The zero-order chi connectivity index (χ0) is 12.3. The quantitative estimate of drug-likeness (QED) is 0.594. The molecule has 0 aromatic rings. The predicted molar refractivity (Wildman–Crippen MR) is 58.5 cm³/mol. The fraction of sp³-hybridized carbons (Fsp3) is 0.800. The Labute approximate surface area is 94.8 Å². The molecule has 4 N–H and O–H groups in total. The molecule has 1 aliphatic heterocycles. The van der Waals surface area contributed by atoms with Gasteiger partial charge in [0.25, 0.3) is 0 Å². The van der Waals surface area contributed by atoms with Gasteiger partial charge in [-0.3, -0.25) is 15.0 Å². The Morgan fingerprint density at radius 3 is 2.56 bits per heavy atom. The van der Waals surface area contributed by atoms with Crippen LogP contribution in [0.25, 0.3) is 0 Å². The summed E-state index contributed by atoms with van der Waals surface area (Å²) in [6.45, 7) is 4.90. The van der Waals surface area contributed by atoms with Gasteiger partial charge in [-0.05, 0) is 32.7 Å². The van der Waals surface area contributed by atoms with Crippen molar-refractivity contribution in [3.05, 3.63) is 0 Å². The zero-order valence-electron chi connectivity index (χ0n) is 9.64. The number of aliphatic hydroxyl groups excluding tert-OH is 1. The predicted octanol–water partition coefficient (Wildman–Crippen LogP) is -0.727. The summed E-state index contributed by atoms with van der Waals surface area (Å²) in [5, 5.41) is 11.5. The summed E-state index contributed by atoms with van der Waals surface area (Å²) in [5.74, 6) is -0.192. The molecule has 3 amide bonds. The number of imide groups is 1. The third kappa shape index (κ3) is 3.18. The maximum Gasteiger partial charge on any atom is 0.318 e. The molecule has 1 rings (SSSR count). The van der Waals surface area contributed by atoms with Crippen molar-refractivity contribution in [2.45, 2.75) is 32.4 Å². The molecule has 0 radical (unpaired) electrons. The lowest BCUT2D eigenvalue weighted by molar-refractivity contribution is -0.124. The van der Waals surface area contributed by atoms with Crippen LogP contribution in [0.1, 0.15) is 20.3 Å². The molecule has 0 bridgehead atoms. The number of carbonyl (C=O) groups excluding carboxylic acids is 2. The molecule has 1 saturated heterocycles. The lowest BCUT2D eigenvalue weighted by atomic mass is 10.0. The molecule has 0 saturated carbocycles. The lowest BCUT2D eigenvalue weighted by Crippen LogP contribution is -2.47. The second-order valence-corrected chi connectivity index (χ2v) is 4.31. The van der Waals surface area contributed by atoms with Crippen LogP contribution in [0, 0.1) is 5.92 Å². The van der Waals surface area contributed by atoms with E-state index in [1.807, 2.05) is 4.90 Å². The van der Waals surface area contributed by atoms with Gasteiger partial charge < -0.3 is 10.8 Å². The van der Waals surface area contributed by atoms with Crippen molar-refractivity contribution < 1.29 is 14.7 Å². The van der Waals surface area contributed by atoms with Gasteiger partial charge in [0, 0.05) is 6.54 Å². The molecule has 92 valence electrons. The summed E-state index contributed by atoms with van der Waals surface area (Å²) < 4.78 is 0. The summed E-state index contributed by atoms with van der Waals surface area (Å²) in [7, 11) is 0. The fourth-order valence-corrected chi connectivity index (χ4v) is 1.95. The Morgan fingerprint density at radius 1 is 1.50 bits per heavy atom. The van der Waals surface area contributed by atoms with Gasteiger partial charge in [0.2, 0.25) is 5.91 Å². The summed E-state index contributed by atoms with van der Waals surface area (Å²) in [6, 6.07) is -1.22. The van der Waals surface area contributed by atoms with E-state index in [0.29, 0.717) is 6.54 Å². The number of nitrogens with two attached hydrogens (primary N) is 1. The van der Waals surface area contributed by atoms with Crippen LogP contribution >= 0.6 is 0 Å². The van der Waals surface area contributed by atoms with Crippen molar-refractivity contribution in [3.8, 4) is 0 Å². The molecule has 3 atom stereocenters. The topological polar surface area (TPSA) is 95.7 Å². The van der Waals surface area contributed by atoms with Gasteiger partial charge in [-0.15, -0.1) is 0 Å². The molecule has 16 heavy (non-hydrogen) atoms. The summed E-state index contributed by atoms with van der Waals surface area (Å²) in [5.41, 5.74) is 4.88. The highest BCUT2D eigenvalue weighted by Crippen LogP contribution is 2.21. The van der Waals surface area contributed by atoms with Crippen molar-refractivity contribution in [3.63, 3.8) is 0 Å². The van der Waals surface area contributed by atoms with E-state index in [1.165, 1.54) is 0 Å². The molecular weight excluding hydrogens is 210 g/mol. The van der Waals surface area contributed by atoms with Gasteiger partial charge >= 0.3 is 6.03 Å². The Kier molecular flexibility index (Phi) is 4.26. The average molecular weight is 229 g/mol. The van der Waals surface area contributed by atoms with Crippen molar-refractivity contribution >= 4 is 11.9 Å². The molecule has 1 fully saturated rings. The minimum Gasteiger partial charge on any atom is -0.393 e. The first-order chi connectivity index (χ1) is 7.41. The number of hydrogen-bond acceptors (Lipinski definition) is 4. The number of rotatable bonds is 3. The third-order valence-corrected chi connectivity index (χ3v) is 3.11. The van der Waals surface area contributed by atoms with Crippen LogP contribution in [-0.2, 0) is 4.79 Å². The van der Waals surface area contributed by atoms with Crippen LogP contribution in [0.2, 0.25) is 0 Å². The van der Waals surface area contributed by atoms with Crippen LogP contribution in [0.5, 0.6) is 0 Å². The Bertz CT molecular complexity index is 280. The van der Waals surface area contributed by atoms with Crippen molar-refractivity contribution in [2.75, 3.05) is 13.1 Å². The molecule has 6 heteroatoms. The van der Waals surface area contributed by atoms with Crippen LogP contribution in [0.4, 0.5) is 4.79 Å². The van der Waals surface area contributed by atoms with Gasteiger partial charge in [-0.1, -0.05) is 0 Å². The molecule has 0 spiro atoms. The first-order valence-electron chi connectivity index (χ1n) is 5.44. The largest absolute Gasteiger partial charge is 0.393 e. The van der Waals surface area contributed by atoms with E-state index in [0.717, 1.165) is 13.0 Å². The number of carbonyl (C=O) groups is 2. The van der Waals surface area contributed by atoms with E-state index in [9.17, 15) is 14.7 Å². The number of primary amides is 1. The second kappa shape index (κ2) is 5.27. The van der Waals surface area contributed by atoms with Crippen LogP contribution in [-0.4, -0.2) is 47.2 Å². The number of nitrogens with one attached hydrogen (secondary N) is 1. The monoisotopic (exact) mass is 229 g/mol. The Hall–Kier alpha value is -1.14. The van der Waals surface area contributed by atoms with Gasteiger partial charge in [0.1, 0.15) is 0 Å². The number of urea groups is 1. The highest BCUT2D eigenvalue weighted by Gasteiger charge is 2.31. The van der Waals surface area contributed by atoms with E-state index < -0.39 is 18.0 Å². The number of likely N-dealkylation sites (tertiary alicyclic amines) is 1. The van der Waals surface area contributed by atoms with Crippen LogP contribution in [0.15, 0.2) is 0 Å². The van der Waals surface area contributed by atoms with Crippen LogP contribution < -0.4 is 11.1 Å². The first kappa shape index (κ1) is 12.9. The molecule has 1 aliphatic rings. The number of amides is 3. The molecule has 0 aromatic carbocycles. The van der Waals surface area contributed by atoms with Gasteiger partial charge in [-0.25, -0.2) is 4.79 Å². The maximum atomic E-state index is 11.5. The van der Waals surface area contributed by atoms with E-state index >= 15 is 0 Å². The molecule has 6 nitrogen and oxygen atoms in total. The minimum atomic E-state index is -0.830. The highest BCUT2D eigenvalue weighted by molar-refractivity contribution is 5.96. The van der Waals surface area contributed by atoms with E-state index in [2.05, 4.69) is 5.32 Å².